The zero-order valence-corrected chi connectivity index (χ0v) is 13.2. The van der Waals surface area contributed by atoms with Crippen molar-refractivity contribution in [3.8, 4) is 5.75 Å². The van der Waals surface area contributed by atoms with E-state index in [9.17, 15) is 4.79 Å². The molecule has 0 fully saturated rings. The van der Waals surface area contributed by atoms with Crippen molar-refractivity contribution in [2.75, 3.05) is 20.2 Å². The van der Waals surface area contributed by atoms with Crippen LogP contribution in [0.5, 0.6) is 5.75 Å². The molecule has 0 spiro atoms. The first-order chi connectivity index (χ1) is 9.31. The van der Waals surface area contributed by atoms with Crippen molar-refractivity contribution in [3.05, 3.63) is 29.8 Å². The molecule has 0 radical (unpaired) electrons. The maximum atomic E-state index is 11.6. The Morgan fingerprint density at radius 1 is 1.25 bits per heavy atom. The van der Waals surface area contributed by atoms with Crippen LogP contribution < -0.4 is 10.1 Å². The van der Waals surface area contributed by atoms with Gasteiger partial charge in [0.05, 0.1) is 0 Å². The predicted octanol–water partition coefficient (Wildman–Crippen LogP) is 2.43. The largest absolute Gasteiger partial charge is 0.484 e. The van der Waals surface area contributed by atoms with Crippen LogP contribution in [0.2, 0.25) is 0 Å². The number of amides is 1. The fourth-order valence-corrected chi connectivity index (χ4v) is 1.50. The van der Waals surface area contributed by atoms with Gasteiger partial charge in [-0.25, -0.2) is 0 Å². The Morgan fingerprint density at radius 3 is 2.35 bits per heavy atom. The molecule has 1 N–H and O–H groups in total. The molecule has 4 nitrogen and oxygen atoms in total. The summed E-state index contributed by atoms with van der Waals surface area (Å²) >= 11 is 0. The smallest absolute Gasteiger partial charge is 0.260 e. The Hall–Kier alpha value is -1.55. The molecule has 0 atom stereocenters. The van der Waals surface area contributed by atoms with E-state index in [1.807, 2.05) is 31.2 Å². The lowest BCUT2D eigenvalue weighted by Crippen LogP contribution is -2.35. The van der Waals surface area contributed by atoms with Gasteiger partial charge in [0.2, 0.25) is 0 Å². The molecule has 0 bridgehead atoms. The Morgan fingerprint density at radius 2 is 1.85 bits per heavy atom. The van der Waals surface area contributed by atoms with Gasteiger partial charge in [-0.15, -0.1) is 0 Å². The molecule has 0 heterocycles. The van der Waals surface area contributed by atoms with E-state index in [1.54, 1.807) is 11.9 Å². The number of benzene rings is 1. The SMILES string of the molecule is CCN(C)C(=O)COc1ccc(CNC(C)(C)C)cc1. The lowest BCUT2D eigenvalue weighted by molar-refractivity contribution is -0.131. The van der Waals surface area contributed by atoms with Crippen LogP contribution in [-0.4, -0.2) is 36.5 Å². The maximum absolute atomic E-state index is 11.6. The van der Waals surface area contributed by atoms with Gasteiger partial charge in [-0.1, -0.05) is 12.1 Å². The molecule has 0 saturated carbocycles. The quantitative estimate of drug-likeness (QED) is 0.869. The van der Waals surface area contributed by atoms with Gasteiger partial charge in [0.25, 0.3) is 5.91 Å². The van der Waals surface area contributed by atoms with E-state index in [0.717, 1.165) is 12.3 Å². The molecule has 112 valence electrons. The van der Waals surface area contributed by atoms with Gasteiger partial charge in [-0.2, -0.15) is 0 Å². The Balaban J connectivity index is 2.45. The van der Waals surface area contributed by atoms with Crippen molar-refractivity contribution in [1.82, 2.24) is 10.2 Å². The summed E-state index contributed by atoms with van der Waals surface area (Å²) in [4.78, 5) is 13.3. The van der Waals surface area contributed by atoms with E-state index in [2.05, 4.69) is 26.1 Å². The summed E-state index contributed by atoms with van der Waals surface area (Å²) in [5, 5.41) is 3.43. The molecule has 0 unspecified atom stereocenters. The number of carbonyl (C=O) groups excluding carboxylic acids is 1. The van der Waals surface area contributed by atoms with Crippen LogP contribution in [0.25, 0.3) is 0 Å². The third kappa shape index (κ3) is 6.06. The second kappa shape index (κ2) is 7.29. The third-order valence-electron chi connectivity index (χ3n) is 3.01. The normalized spacial score (nSPS) is 11.2. The minimum Gasteiger partial charge on any atom is -0.484 e. The van der Waals surface area contributed by atoms with Crippen LogP contribution in [0.4, 0.5) is 0 Å². The van der Waals surface area contributed by atoms with Gasteiger partial charge in [0.15, 0.2) is 6.61 Å². The summed E-state index contributed by atoms with van der Waals surface area (Å²) in [5.74, 6) is 0.716. The molecule has 0 aromatic heterocycles. The number of rotatable bonds is 6. The Bertz CT molecular complexity index is 421. The average Bonchev–Trinajstić information content (AvgIpc) is 2.41. The second-order valence-electron chi connectivity index (χ2n) is 5.94. The Labute approximate surface area is 122 Å². The van der Waals surface area contributed by atoms with E-state index in [-0.39, 0.29) is 18.1 Å². The fraction of sp³-hybridized carbons (Fsp3) is 0.562. The van der Waals surface area contributed by atoms with Crippen molar-refractivity contribution < 1.29 is 9.53 Å². The van der Waals surface area contributed by atoms with E-state index >= 15 is 0 Å². The standard InChI is InChI=1S/C16H26N2O2/c1-6-18(5)15(19)12-20-14-9-7-13(8-10-14)11-17-16(2,3)4/h7-10,17H,6,11-12H2,1-5H3. The first-order valence-electron chi connectivity index (χ1n) is 7.02. The summed E-state index contributed by atoms with van der Waals surface area (Å²) in [6.45, 7) is 9.96. The number of likely N-dealkylation sites (N-methyl/N-ethyl adjacent to an activating group) is 1. The molecule has 0 aliphatic carbocycles. The zero-order valence-electron chi connectivity index (χ0n) is 13.2. The second-order valence-corrected chi connectivity index (χ2v) is 5.94. The molecule has 20 heavy (non-hydrogen) atoms. The van der Waals surface area contributed by atoms with Crippen LogP contribution in [-0.2, 0) is 11.3 Å². The van der Waals surface area contributed by atoms with Gasteiger partial charge >= 0.3 is 0 Å². The number of nitrogens with zero attached hydrogens (tertiary/aromatic N) is 1. The summed E-state index contributed by atoms with van der Waals surface area (Å²) < 4.78 is 5.48. The summed E-state index contributed by atoms with van der Waals surface area (Å²) in [7, 11) is 1.77. The minimum atomic E-state index is -0.00836. The number of hydrogen-bond acceptors (Lipinski definition) is 3. The molecule has 1 amide bonds. The van der Waals surface area contributed by atoms with Crippen LogP contribution in [0.15, 0.2) is 24.3 Å². The maximum Gasteiger partial charge on any atom is 0.260 e. The molecule has 0 aliphatic rings. The first kappa shape index (κ1) is 16.5. The molecule has 0 saturated heterocycles. The van der Waals surface area contributed by atoms with Crippen molar-refractivity contribution in [3.63, 3.8) is 0 Å². The molecule has 1 aromatic rings. The monoisotopic (exact) mass is 278 g/mol. The van der Waals surface area contributed by atoms with Crippen LogP contribution >= 0.6 is 0 Å². The van der Waals surface area contributed by atoms with Crippen molar-refractivity contribution in [1.29, 1.82) is 0 Å². The van der Waals surface area contributed by atoms with Crippen LogP contribution in [0, 0.1) is 0 Å². The van der Waals surface area contributed by atoms with Crippen LogP contribution in [0.1, 0.15) is 33.3 Å². The number of nitrogens with one attached hydrogen (secondary N) is 1. The molecule has 4 heteroatoms. The lowest BCUT2D eigenvalue weighted by atomic mass is 10.1. The summed E-state index contributed by atoms with van der Waals surface area (Å²) in [6, 6.07) is 7.84. The Kier molecular flexibility index (Phi) is 6.02. The molecule has 1 rings (SSSR count). The van der Waals surface area contributed by atoms with Crippen LogP contribution in [0.3, 0.4) is 0 Å². The molecular formula is C16H26N2O2. The van der Waals surface area contributed by atoms with Gasteiger partial charge in [0.1, 0.15) is 5.75 Å². The summed E-state index contributed by atoms with van der Waals surface area (Å²) in [6.07, 6.45) is 0. The number of hydrogen-bond donors (Lipinski definition) is 1. The highest BCUT2D eigenvalue weighted by Crippen LogP contribution is 2.13. The average molecular weight is 278 g/mol. The zero-order chi connectivity index (χ0) is 15.2. The summed E-state index contributed by atoms with van der Waals surface area (Å²) in [5.41, 5.74) is 1.30. The van der Waals surface area contributed by atoms with Gasteiger partial charge < -0.3 is 15.0 Å². The number of ether oxygens (including phenoxy) is 1. The molecular weight excluding hydrogens is 252 g/mol. The highest BCUT2D eigenvalue weighted by Gasteiger charge is 2.09. The van der Waals surface area contributed by atoms with Crippen molar-refractivity contribution >= 4 is 5.91 Å². The highest BCUT2D eigenvalue weighted by atomic mass is 16.5. The van der Waals surface area contributed by atoms with Gasteiger partial charge in [-0.3, -0.25) is 4.79 Å². The van der Waals surface area contributed by atoms with E-state index in [0.29, 0.717) is 6.54 Å². The lowest BCUT2D eigenvalue weighted by Gasteiger charge is -2.20. The van der Waals surface area contributed by atoms with Gasteiger partial charge in [0, 0.05) is 25.7 Å². The van der Waals surface area contributed by atoms with E-state index in [4.69, 9.17) is 4.74 Å². The van der Waals surface area contributed by atoms with Gasteiger partial charge in [-0.05, 0) is 45.4 Å². The topological polar surface area (TPSA) is 41.6 Å². The predicted molar refractivity (Wildman–Crippen MR) is 81.8 cm³/mol. The van der Waals surface area contributed by atoms with E-state index < -0.39 is 0 Å². The highest BCUT2D eigenvalue weighted by molar-refractivity contribution is 5.77. The number of carbonyl (C=O) groups is 1. The van der Waals surface area contributed by atoms with Crippen molar-refractivity contribution in [2.45, 2.75) is 39.8 Å². The molecule has 0 aliphatic heterocycles. The minimum absolute atomic E-state index is 0.00836. The van der Waals surface area contributed by atoms with E-state index in [1.165, 1.54) is 5.56 Å². The molecule has 1 aromatic carbocycles. The first-order valence-corrected chi connectivity index (χ1v) is 7.02. The third-order valence-corrected chi connectivity index (χ3v) is 3.01. The fourth-order valence-electron chi connectivity index (χ4n) is 1.50. The van der Waals surface area contributed by atoms with Crippen molar-refractivity contribution in [2.24, 2.45) is 0 Å².